The third-order valence-electron chi connectivity index (χ3n) is 5.25. The largest absolute Gasteiger partial charge is 0.416 e. The number of hydrogen-bond acceptors (Lipinski definition) is 5. The van der Waals surface area contributed by atoms with Gasteiger partial charge in [0.25, 0.3) is 5.91 Å². The molecule has 1 aromatic heterocycles. The summed E-state index contributed by atoms with van der Waals surface area (Å²) in [5.74, 6) is -0.800. The molecule has 0 aliphatic heterocycles. The van der Waals surface area contributed by atoms with Crippen LogP contribution in [0.2, 0.25) is 0 Å². The van der Waals surface area contributed by atoms with Crippen molar-refractivity contribution in [3.05, 3.63) is 53.9 Å². The van der Waals surface area contributed by atoms with Crippen LogP contribution in [0.5, 0.6) is 0 Å². The smallest absolute Gasteiger partial charge is 0.375 e. The monoisotopic (exact) mass is 479 g/mol. The van der Waals surface area contributed by atoms with Crippen LogP contribution in [0.3, 0.4) is 0 Å². The lowest BCUT2D eigenvalue weighted by molar-refractivity contribution is -0.141. The minimum absolute atomic E-state index is 0.0262. The number of fused-ring (bicyclic) bond motifs is 1. The van der Waals surface area contributed by atoms with E-state index in [2.05, 4.69) is 22.2 Å². The van der Waals surface area contributed by atoms with E-state index >= 15 is 0 Å². The van der Waals surface area contributed by atoms with E-state index in [1.54, 1.807) is 0 Å². The molecule has 1 heterocycles. The summed E-state index contributed by atoms with van der Waals surface area (Å²) >= 11 is 0. The number of hydrogen-bond donors (Lipinski definition) is 2. The van der Waals surface area contributed by atoms with Gasteiger partial charge in [-0.05, 0) is 51.0 Å². The molecule has 2 N–H and O–H groups in total. The lowest BCUT2D eigenvalue weighted by Crippen LogP contribution is -2.41. The number of pyridine rings is 1. The second kappa shape index (κ2) is 11.0. The number of halogens is 3. The molecular weight excluding hydrogens is 451 g/mol. The summed E-state index contributed by atoms with van der Waals surface area (Å²) in [4.78, 5) is 28.4. The Labute approximate surface area is 195 Å². The highest BCUT2D eigenvalue weighted by Gasteiger charge is 2.32. The molecule has 0 spiro atoms. The molecule has 0 bridgehead atoms. The quantitative estimate of drug-likeness (QED) is 0.538. The van der Waals surface area contributed by atoms with Crippen LogP contribution in [-0.2, 0) is 20.4 Å². The fourth-order valence-corrected chi connectivity index (χ4v) is 3.46. The average Bonchev–Trinajstić information content (AvgIpc) is 2.73. The first-order valence-electron chi connectivity index (χ1n) is 11.0. The number of amides is 2. The summed E-state index contributed by atoms with van der Waals surface area (Å²) in [6.07, 6.45) is -2.21. The standard InChI is InChI=1S/C24H28F3N3O4/c1-14(2)34-19-11-18(12-19)33-13-22(31)28-9-8-15(3)29-23(32)21-6-4-16-10-17(24(25,26)27)5-7-20(16)30-21/h4-7,10,14,18-19H,3,8-9,11-13H2,1-2H3,(H,28,31)(H,29,32). The lowest BCUT2D eigenvalue weighted by atomic mass is 9.92. The maximum Gasteiger partial charge on any atom is 0.416 e. The van der Waals surface area contributed by atoms with Crippen molar-refractivity contribution in [1.29, 1.82) is 0 Å². The zero-order valence-electron chi connectivity index (χ0n) is 19.1. The molecule has 34 heavy (non-hydrogen) atoms. The number of aromatic nitrogens is 1. The van der Waals surface area contributed by atoms with Gasteiger partial charge in [0.15, 0.2) is 0 Å². The van der Waals surface area contributed by atoms with Gasteiger partial charge in [-0.2, -0.15) is 13.2 Å². The normalized spacial score (nSPS) is 17.9. The van der Waals surface area contributed by atoms with E-state index in [0.29, 0.717) is 12.1 Å². The number of benzene rings is 1. The Morgan fingerprint density at radius 1 is 1.18 bits per heavy atom. The van der Waals surface area contributed by atoms with Crippen molar-refractivity contribution in [2.45, 2.75) is 57.6 Å². The summed E-state index contributed by atoms with van der Waals surface area (Å²) in [6.45, 7) is 7.94. The van der Waals surface area contributed by atoms with E-state index in [1.807, 2.05) is 13.8 Å². The molecule has 2 aromatic rings. The van der Waals surface area contributed by atoms with Crippen molar-refractivity contribution in [2.24, 2.45) is 0 Å². The molecule has 2 amide bonds. The Kier molecular flexibility index (Phi) is 8.27. The predicted octanol–water partition coefficient (Wildman–Crippen LogP) is 3.98. The Morgan fingerprint density at radius 2 is 1.91 bits per heavy atom. The molecule has 7 nitrogen and oxygen atoms in total. The van der Waals surface area contributed by atoms with E-state index in [0.717, 1.165) is 25.0 Å². The molecule has 1 fully saturated rings. The van der Waals surface area contributed by atoms with Gasteiger partial charge >= 0.3 is 6.18 Å². The van der Waals surface area contributed by atoms with E-state index in [1.165, 1.54) is 18.2 Å². The highest BCUT2D eigenvalue weighted by Crippen LogP contribution is 2.31. The minimum atomic E-state index is -4.45. The Bertz CT molecular complexity index is 1050. The first-order valence-corrected chi connectivity index (χ1v) is 11.0. The number of alkyl halides is 3. The fourth-order valence-electron chi connectivity index (χ4n) is 3.46. The molecule has 0 unspecified atom stereocenters. The second-order valence-corrected chi connectivity index (χ2v) is 8.47. The highest BCUT2D eigenvalue weighted by atomic mass is 19.4. The van der Waals surface area contributed by atoms with Gasteiger partial charge in [0, 0.05) is 24.0 Å². The molecule has 1 aliphatic carbocycles. The molecule has 1 aliphatic rings. The van der Waals surface area contributed by atoms with Crippen LogP contribution in [0.1, 0.15) is 49.2 Å². The summed E-state index contributed by atoms with van der Waals surface area (Å²) in [5, 5.41) is 5.56. The highest BCUT2D eigenvalue weighted by molar-refractivity contribution is 5.95. The number of carbonyl (C=O) groups excluding carboxylic acids is 2. The van der Waals surface area contributed by atoms with Crippen LogP contribution in [0.4, 0.5) is 13.2 Å². The Balaban J connectivity index is 1.38. The van der Waals surface area contributed by atoms with Crippen LogP contribution < -0.4 is 10.6 Å². The van der Waals surface area contributed by atoms with Crippen molar-refractivity contribution in [3.8, 4) is 0 Å². The zero-order valence-corrected chi connectivity index (χ0v) is 19.1. The Hall–Kier alpha value is -2.98. The van der Waals surface area contributed by atoms with E-state index in [4.69, 9.17) is 9.47 Å². The van der Waals surface area contributed by atoms with Gasteiger partial charge in [-0.1, -0.05) is 12.6 Å². The van der Waals surface area contributed by atoms with Crippen molar-refractivity contribution in [3.63, 3.8) is 0 Å². The molecule has 1 saturated carbocycles. The topological polar surface area (TPSA) is 89.5 Å². The van der Waals surface area contributed by atoms with Gasteiger partial charge in [0.2, 0.25) is 5.91 Å². The maximum absolute atomic E-state index is 12.8. The number of rotatable bonds is 10. The van der Waals surface area contributed by atoms with Crippen LogP contribution in [-0.4, -0.2) is 48.3 Å². The first kappa shape index (κ1) is 25.6. The predicted molar refractivity (Wildman–Crippen MR) is 120 cm³/mol. The maximum atomic E-state index is 12.8. The summed E-state index contributed by atoms with van der Waals surface area (Å²) < 4.78 is 49.7. The molecule has 10 heteroatoms. The third kappa shape index (κ3) is 7.26. The molecule has 3 rings (SSSR count). The van der Waals surface area contributed by atoms with Crippen molar-refractivity contribution >= 4 is 22.7 Å². The lowest BCUT2D eigenvalue weighted by Gasteiger charge is -2.35. The van der Waals surface area contributed by atoms with Gasteiger partial charge in [0.1, 0.15) is 12.3 Å². The fraction of sp³-hybridized carbons (Fsp3) is 0.458. The molecule has 0 atom stereocenters. The summed E-state index contributed by atoms with van der Waals surface area (Å²) in [6, 6.07) is 5.89. The minimum Gasteiger partial charge on any atom is -0.375 e. The van der Waals surface area contributed by atoms with Gasteiger partial charge in [0.05, 0.1) is 29.4 Å². The first-order chi connectivity index (χ1) is 16.0. The number of nitrogens with one attached hydrogen (secondary N) is 2. The van der Waals surface area contributed by atoms with Crippen molar-refractivity contribution in [1.82, 2.24) is 15.6 Å². The molecule has 1 aromatic carbocycles. The van der Waals surface area contributed by atoms with Crippen LogP contribution in [0.25, 0.3) is 10.9 Å². The van der Waals surface area contributed by atoms with Crippen LogP contribution in [0.15, 0.2) is 42.6 Å². The van der Waals surface area contributed by atoms with Crippen LogP contribution in [0, 0.1) is 0 Å². The number of carbonyl (C=O) groups is 2. The molecule has 184 valence electrons. The third-order valence-corrected chi connectivity index (χ3v) is 5.25. The van der Waals surface area contributed by atoms with Gasteiger partial charge in [-0.25, -0.2) is 4.98 Å². The zero-order chi connectivity index (χ0) is 24.9. The van der Waals surface area contributed by atoms with Gasteiger partial charge < -0.3 is 20.1 Å². The Morgan fingerprint density at radius 3 is 2.59 bits per heavy atom. The summed E-state index contributed by atoms with van der Waals surface area (Å²) in [5.41, 5.74) is -0.0942. The molecule has 0 radical (unpaired) electrons. The van der Waals surface area contributed by atoms with E-state index in [-0.39, 0.29) is 54.0 Å². The molecule has 0 saturated heterocycles. The summed E-state index contributed by atoms with van der Waals surface area (Å²) in [7, 11) is 0. The number of ether oxygens (including phenoxy) is 2. The van der Waals surface area contributed by atoms with Gasteiger partial charge in [-0.3, -0.25) is 9.59 Å². The van der Waals surface area contributed by atoms with E-state index < -0.39 is 17.6 Å². The van der Waals surface area contributed by atoms with Crippen LogP contribution >= 0.6 is 0 Å². The van der Waals surface area contributed by atoms with E-state index in [9.17, 15) is 22.8 Å². The van der Waals surface area contributed by atoms with Gasteiger partial charge in [-0.15, -0.1) is 0 Å². The number of nitrogens with zero attached hydrogens (tertiary/aromatic N) is 1. The van der Waals surface area contributed by atoms with Crippen molar-refractivity contribution < 1.29 is 32.2 Å². The average molecular weight is 479 g/mol. The SMILES string of the molecule is C=C(CCNC(=O)COC1CC(OC(C)C)C1)NC(=O)c1ccc2cc(C(F)(F)F)ccc2n1. The van der Waals surface area contributed by atoms with Crippen molar-refractivity contribution in [2.75, 3.05) is 13.2 Å². The molecular formula is C24H28F3N3O4. The second-order valence-electron chi connectivity index (χ2n) is 8.47.